The number of hydrogen-bond donors (Lipinski definition) is 4. The molecule has 2 aromatic carbocycles. The molecule has 5 rings (SSSR count). The van der Waals surface area contributed by atoms with Gasteiger partial charge >= 0.3 is 24.3 Å². The molecular weight excluding hydrogens is 628 g/mol. The van der Waals surface area contributed by atoms with E-state index in [2.05, 4.69) is 49.7 Å². The van der Waals surface area contributed by atoms with Crippen molar-refractivity contribution in [2.75, 3.05) is 18.4 Å². The highest BCUT2D eigenvalue weighted by atomic mass is 19.4. The molecule has 1 aliphatic heterocycles. The number of piperidine rings is 1. The molecule has 0 saturated carbocycles. The van der Waals surface area contributed by atoms with E-state index in [-0.39, 0.29) is 12.0 Å². The Balaban J connectivity index is 0.000000345. The van der Waals surface area contributed by atoms with Gasteiger partial charge in [0.05, 0.1) is 11.7 Å². The fourth-order valence-electron chi connectivity index (χ4n) is 4.04. The van der Waals surface area contributed by atoms with Crippen molar-refractivity contribution in [3.63, 3.8) is 0 Å². The van der Waals surface area contributed by atoms with Crippen LogP contribution in [0.15, 0.2) is 73.1 Å². The van der Waals surface area contributed by atoms with Crippen LogP contribution in [-0.4, -0.2) is 79.7 Å². The van der Waals surface area contributed by atoms with E-state index in [1.165, 1.54) is 5.56 Å². The smallest absolute Gasteiger partial charge is 0.475 e. The number of nitrogens with zero attached hydrogens (tertiary/aromatic N) is 3. The van der Waals surface area contributed by atoms with Gasteiger partial charge in [-0.05, 0) is 42.7 Å². The number of carboxylic acids is 2. The Hall–Kier alpha value is -5.19. The molecule has 46 heavy (non-hydrogen) atoms. The molecular formula is C29H27F6N5O6. The lowest BCUT2D eigenvalue weighted by atomic mass is 10.1. The highest BCUT2D eigenvalue weighted by Gasteiger charge is 2.38. The summed E-state index contributed by atoms with van der Waals surface area (Å²) in [5, 5.41) is 25.0. The number of carboxylic acid groups (broad SMARTS) is 2. The minimum absolute atomic E-state index is 0.108. The van der Waals surface area contributed by atoms with E-state index < -0.39 is 24.3 Å². The zero-order valence-corrected chi connectivity index (χ0v) is 23.7. The van der Waals surface area contributed by atoms with Gasteiger partial charge in [-0.15, -0.1) is 0 Å². The number of H-pyrrole nitrogens is 1. The van der Waals surface area contributed by atoms with Crippen molar-refractivity contribution < 1.29 is 55.7 Å². The zero-order valence-electron chi connectivity index (χ0n) is 23.7. The van der Waals surface area contributed by atoms with Crippen LogP contribution in [0.5, 0.6) is 5.88 Å². The molecule has 11 nitrogen and oxygen atoms in total. The molecule has 0 radical (unpaired) electrons. The highest BCUT2D eigenvalue weighted by molar-refractivity contribution is 6.05. The number of hydrogen-bond acceptors (Lipinski definition) is 7. The van der Waals surface area contributed by atoms with Gasteiger partial charge in [0.25, 0.3) is 5.91 Å². The Bertz CT molecular complexity index is 1580. The van der Waals surface area contributed by atoms with Crippen LogP contribution < -0.4 is 10.1 Å². The van der Waals surface area contributed by atoms with Crippen molar-refractivity contribution in [2.24, 2.45) is 0 Å². The van der Waals surface area contributed by atoms with Crippen LogP contribution in [0.2, 0.25) is 0 Å². The molecule has 4 N–H and O–H groups in total. The van der Waals surface area contributed by atoms with Gasteiger partial charge in [-0.1, -0.05) is 30.3 Å². The molecule has 246 valence electrons. The summed E-state index contributed by atoms with van der Waals surface area (Å²) in [4.78, 5) is 37.3. The maximum atomic E-state index is 12.7. The van der Waals surface area contributed by atoms with Gasteiger partial charge in [0.2, 0.25) is 5.88 Å². The molecule has 0 unspecified atom stereocenters. The molecule has 1 saturated heterocycles. The van der Waals surface area contributed by atoms with Crippen LogP contribution in [0.1, 0.15) is 28.8 Å². The Morgan fingerprint density at radius 3 is 2.11 bits per heavy atom. The van der Waals surface area contributed by atoms with Crippen molar-refractivity contribution in [1.29, 1.82) is 0 Å². The number of nitrogens with one attached hydrogen (secondary N) is 2. The summed E-state index contributed by atoms with van der Waals surface area (Å²) in [5.74, 6) is -5.22. The van der Waals surface area contributed by atoms with Crippen LogP contribution in [0.4, 0.5) is 32.0 Å². The van der Waals surface area contributed by atoms with E-state index in [0.717, 1.165) is 43.4 Å². The normalized spacial score (nSPS) is 13.9. The number of benzene rings is 2. The number of pyridine rings is 1. The van der Waals surface area contributed by atoms with Gasteiger partial charge in [-0.25, -0.2) is 14.6 Å². The van der Waals surface area contributed by atoms with E-state index >= 15 is 0 Å². The molecule has 3 heterocycles. The van der Waals surface area contributed by atoms with Crippen molar-refractivity contribution >= 4 is 34.4 Å². The lowest BCUT2D eigenvalue weighted by Crippen LogP contribution is -2.37. The highest BCUT2D eigenvalue weighted by Crippen LogP contribution is 2.21. The van der Waals surface area contributed by atoms with Gasteiger partial charge < -0.3 is 20.3 Å². The number of alkyl halides is 6. The Morgan fingerprint density at radius 1 is 0.913 bits per heavy atom. The van der Waals surface area contributed by atoms with E-state index in [1.807, 2.05) is 24.3 Å². The van der Waals surface area contributed by atoms with Crippen LogP contribution in [0.3, 0.4) is 0 Å². The van der Waals surface area contributed by atoms with Gasteiger partial charge in [0, 0.05) is 48.5 Å². The third kappa shape index (κ3) is 11.4. The molecule has 0 atom stereocenters. The van der Waals surface area contributed by atoms with Gasteiger partial charge in [0.1, 0.15) is 6.10 Å². The molecule has 4 aromatic rings. The van der Waals surface area contributed by atoms with E-state index in [0.29, 0.717) is 17.1 Å². The lowest BCUT2D eigenvalue weighted by molar-refractivity contribution is -0.193. The van der Waals surface area contributed by atoms with Crippen molar-refractivity contribution in [1.82, 2.24) is 20.1 Å². The molecule has 0 bridgehead atoms. The number of amides is 1. The molecule has 1 fully saturated rings. The number of aliphatic carboxylic acids is 2. The maximum absolute atomic E-state index is 12.7. The van der Waals surface area contributed by atoms with E-state index in [1.54, 1.807) is 24.5 Å². The predicted molar refractivity (Wildman–Crippen MR) is 151 cm³/mol. The molecule has 1 aliphatic rings. The fourth-order valence-corrected chi connectivity index (χ4v) is 4.04. The number of aromatic amines is 1. The molecule has 2 aromatic heterocycles. The third-order valence-corrected chi connectivity index (χ3v) is 6.25. The first-order chi connectivity index (χ1) is 21.6. The third-order valence-electron chi connectivity index (χ3n) is 6.25. The zero-order chi connectivity index (χ0) is 33.9. The first kappa shape index (κ1) is 35.3. The average molecular weight is 656 g/mol. The molecule has 17 heteroatoms. The summed E-state index contributed by atoms with van der Waals surface area (Å²) in [6.45, 7) is 2.93. The second kappa shape index (κ2) is 15.7. The lowest BCUT2D eigenvalue weighted by Gasteiger charge is -2.31. The number of ether oxygens (including phenoxy) is 1. The van der Waals surface area contributed by atoms with Crippen LogP contribution >= 0.6 is 0 Å². The summed E-state index contributed by atoms with van der Waals surface area (Å²) in [6.07, 6.45) is -4.83. The van der Waals surface area contributed by atoms with Gasteiger partial charge in [0.15, 0.2) is 0 Å². The monoisotopic (exact) mass is 655 g/mol. The number of halogens is 6. The maximum Gasteiger partial charge on any atom is 0.490 e. The van der Waals surface area contributed by atoms with Gasteiger partial charge in [-0.3, -0.25) is 14.8 Å². The number of likely N-dealkylation sites (tertiary alicyclic amines) is 1. The molecule has 0 aliphatic carbocycles. The number of carbonyl (C=O) groups is 3. The summed E-state index contributed by atoms with van der Waals surface area (Å²) in [6, 6.07) is 19.6. The van der Waals surface area contributed by atoms with Crippen molar-refractivity contribution in [3.8, 4) is 5.88 Å². The number of rotatable bonds is 6. The van der Waals surface area contributed by atoms with Crippen LogP contribution in [-0.2, 0) is 16.1 Å². The van der Waals surface area contributed by atoms with Crippen LogP contribution in [0, 0.1) is 0 Å². The van der Waals surface area contributed by atoms with E-state index in [9.17, 15) is 31.1 Å². The number of fused-ring (bicyclic) bond motifs is 1. The van der Waals surface area contributed by atoms with Gasteiger partial charge in [-0.2, -0.15) is 31.4 Å². The first-order valence-corrected chi connectivity index (χ1v) is 13.4. The Kier molecular flexibility index (Phi) is 12.0. The SMILES string of the molecule is O=C(Nc1ccc2[nH]ncc2c1)c1ccnc(OC2CCN(Cc3ccccc3)CC2)c1.O=C(O)C(F)(F)F.O=C(O)C(F)(F)F. The predicted octanol–water partition coefficient (Wildman–Crippen LogP) is 5.52. The molecule has 1 amide bonds. The van der Waals surface area contributed by atoms with Crippen LogP contribution in [0.25, 0.3) is 10.9 Å². The largest absolute Gasteiger partial charge is 0.490 e. The number of carbonyl (C=O) groups excluding carboxylic acids is 1. The summed E-state index contributed by atoms with van der Waals surface area (Å²) < 4.78 is 69.6. The molecule has 0 spiro atoms. The first-order valence-electron chi connectivity index (χ1n) is 13.4. The number of aromatic nitrogens is 3. The minimum atomic E-state index is -5.08. The van der Waals surface area contributed by atoms with Crippen molar-refractivity contribution in [3.05, 3.63) is 84.2 Å². The topological polar surface area (TPSA) is 158 Å². The van der Waals surface area contributed by atoms with Crippen molar-refractivity contribution in [2.45, 2.75) is 37.8 Å². The summed E-state index contributed by atoms with van der Waals surface area (Å²) in [5.41, 5.74) is 3.49. The quantitative estimate of drug-likeness (QED) is 0.196. The Morgan fingerprint density at radius 2 is 1.52 bits per heavy atom. The number of anilines is 1. The Labute approximate surface area is 256 Å². The average Bonchev–Trinajstić information content (AvgIpc) is 3.47. The fraction of sp³-hybridized carbons (Fsp3) is 0.276. The summed E-state index contributed by atoms with van der Waals surface area (Å²) in [7, 11) is 0. The second-order valence-corrected chi connectivity index (χ2v) is 9.69. The second-order valence-electron chi connectivity index (χ2n) is 9.69. The minimum Gasteiger partial charge on any atom is -0.475 e. The summed E-state index contributed by atoms with van der Waals surface area (Å²) >= 11 is 0. The van der Waals surface area contributed by atoms with E-state index in [4.69, 9.17) is 24.5 Å². The standard InChI is InChI=1S/C25H25N5O2.2C2HF3O2/c31-25(28-21-6-7-23-20(14-21)16-27-29-23)19-8-11-26-24(15-19)32-22-9-12-30(13-10-22)17-18-4-2-1-3-5-18;2*3-2(4,5)1(6)7/h1-8,11,14-16,22H,9-10,12-13,17H2,(H,27,29)(H,28,31);2*(H,6,7).